The summed E-state index contributed by atoms with van der Waals surface area (Å²) in [6.07, 6.45) is 0. The molecule has 25 rings (SSSR count). The maximum Gasteiger partial charge on any atom is 0.164 e. The molecule has 0 bridgehead atoms. The Morgan fingerprint density at radius 1 is 0.158 bits per heavy atom. The van der Waals surface area contributed by atoms with Gasteiger partial charge in [0.1, 0.15) is 33.5 Å². The van der Waals surface area contributed by atoms with Gasteiger partial charge in [-0.2, -0.15) is 0 Å². The summed E-state index contributed by atoms with van der Waals surface area (Å²) in [6.45, 7) is 0. The molecule has 114 heavy (non-hydrogen) atoms. The average Bonchev–Trinajstić information content (AvgIpc) is 1.74. The maximum atomic E-state index is 6.36. The van der Waals surface area contributed by atoms with E-state index in [1.165, 1.54) is 32.3 Å². The minimum atomic E-state index is 0.582. The van der Waals surface area contributed by atoms with E-state index in [-0.39, 0.29) is 0 Å². The second-order valence-corrected chi connectivity index (χ2v) is 30.2. The third kappa shape index (κ3) is 9.63. The van der Waals surface area contributed by atoms with Crippen LogP contribution >= 0.6 is 0 Å². The lowest BCUT2D eigenvalue weighted by molar-refractivity contribution is 0.668. The third-order valence-electron chi connectivity index (χ3n) is 23.8. The van der Waals surface area contributed by atoms with E-state index in [1.807, 2.05) is 36.4 Å². The van der Waals surface area contributed by atoms with Gasteiger partial charge in [0, 0.05) is 98.4 Å². The molecule has 0 saturated heterocycles. The van der Waals surface area contributed by atoms with Crippen molar-refractivity contribution in [1.82, 2.24) is 28.7 Å². The molecule has 528 valence electrons. The Morgan fingerprint density at radius 2 is 0.395 bits per heavy atom. The summed E-state index contributed by atoms with van der Waals surface area (Å²) in [4.78, 5) is 16.3. The Kier molecular flexibility index (Phi) is 13.2. The highest BCUT2D eigenvalue weighted by atomic mass is 16.3. The molecule has 25 aromatic rings. The van der Waals surface area contributed by atoms with Gasteiger partial charge in [-0.3, -0.25) is 0 Å². The Labute approximate surface area is 649 Å². The molecular weight excluding hydrogens is 1390 g/mol. The first-order chi connectivity index (χ1) is 56.4. The van der Waals surface area contributed by atoms with E-state index in [0.29, 0.717) is 17.5 Å². The van der Waals surface area contributed by atoms with E-state index < -0.39 is 0 Å². The smallest absolute Gasteiger partial charge is 0.164 e. The fraction of sp³-hybridized carbons (Fsp3) is 0. The number of furan rings is 3. The Hall–Kier alpha value is -15.5. The lowest BCUT2D eigenvalue weighted by atomic mass is 10.0. The van der Waals surface area contributed by atoms with E-state index in [2.05, 4.69) is 341 Å². The summed E-state index contributed by atoms with van der Waals surface area (Å²) >= 11 is 0. The van der Waals surface area contributed by atoms with Gasteiger partial charge in [-0.15, -0.1) is 0 Å². The number of para-hydroxylation sites is 6. The van der Waals surface area contributed by atoms with E-state index in [9.17, 15) is 0 Å². The van der Waals surface area contributed by atoms with E-state index in [1.54, 1.807) is 0 Å². The molecule has 0 amide bonds. The number of benzene rings is 18. The molecule has 0 unspecified atom stereocenters. The largest absolute Gasteiger partial charge is 0.456 e. The van der Waals surface area contributed by atoms with Crippen LogP contribution < -0.4 is 0 Å². The van der Waals surface area contributed by atoms with Crippen LogP contribution in [0.2, 0.25) is 0 Å². The van der Waals surface area contributed by atoms with Gasteiger partial charge < -0.3 is 27.0 Å². The summed E-state index contributed by atoms with van der Waals surface area (Å²) in [5, 5.41) is 20.4. The second-order valence-electron chi connectivity index (χ2n) is 30.2. The fourth-order valence-electron chi connectivity index (χ4n) is 18.3. The maximum absolute atomic E-state index is 6.36. The van der Waals surface area contributed by atoms with E-state index in [4.69, 9.17) is 28.2 Å². The molecule has 0 atom stereocenters. The predicted molar refractivity (Wildman–Crippen MR) is 470 cm³/mol. The normalized spacial score (nSPS) is 12.2. The molecule has 7 heterocycles. The molecule has 0 aliphatic rings. The first-order valence-electron chi connectivity index (χ1n) is 38.6. The van der Waals surface area contributed by atoms with Gasteiger partial charge in [0.2, 0.25) is 0 Å². The topological polar surface area (TPSA) is 92.9 Å². The first kappa shape index (κ1) is 62.4. The van der Waals surface area contributed by atoms with Crippen LogP contribution in [0.5, 0.6) is 0 Å². The Balaban J connectivity index is 0.582. The van der Waals surface area contributed by atoms with Gasteiger partial charge in [0.15, 0.2) is 17.5 Å². The Bertz CT molecular complexity index is 7680. The number of nitrogens with zero attached hydrogens (tertiary/aromatic N) is 6. The molecular formula is C105H60N6O3. The molecule has 0 aliphatic heterocycles. The van der Waals surface area contributed by atoms with Crippen molar-refractivity contribution in [3.05, 3.63) is 364 Å². The van der Waals surface area contributed by atoms with Crippen molar-refractivity contribution in [2.45, 2.75) is 0 Å². The highest BCUT2D eigenvalue weighted by Gasteiger charge is 2.22. The second kappa shape index (κ2) is 24.0. The van der Waals surface area contributed by atoms with Crippen LogP contribution in [-0.2, 0) is 0 Å². The average molecular weight is 1450 g/mol. The van der Waals surface area contributed by atoms with Crippen molar-refractivity contribution in [2.24, 2.45) is 0 Å². The van der Waals surface area contributed by atoms with E-state index in [0.717, 1.165) is 198 Å². The van der Waals surface area contributed by atoms with Crippen molar-refractivity contribution in [3.63, 3.8) is 0 Å². The van der Waals surface area contributed by atoms with Crippen LogP contribution in [0.3, 0.4) is 0 Å². The molecule has 0 aliphatic carbocycles. The molecule has 7 aromatic heterocycles. The number of aromatic nitrogens is 6. The third-order valence-corrected chi connectivity index (χ3v) is 23.8. The quantitative estimate of drug-likeness (QED) is 0.143. The summed E-state index contributed by atoms with van der Waals surface area (Å²) in [5.74, 6) is 1.75. The van der Waals surface area contributed by atoms with Crippen LogP contribution in [0, 0.1) is 0 Å². The van der Waals surface area contributed by atoms with Crippen molar-refractivity contribution >= 4 is 164 Å². The van der Waals surface area contributed by atoms with Crippen molar-refractivity contribution in [3.8, 4) is 84.6 Å². The number of fused-ring (bicyclic) bond motifs is 21. The molecule has 0 fully saturated rings. The summed E-state index contributed by atoms with van der Waals surface area (Å²) in [6, 6.07) is 131. The summed E-state index contributed by atoms with van der Waals surface area (Å²) in [7, 11) is 0. The van der Waals surface area contributed by atoms with E-state index >= 15 is 0 Å². The molecule has 0 radical (unpaired) electrons. The van der Waals surface area contributed by atoms with Gasteiger partial charge in [-0.05, 0) is 229 Å². The molecule has 0 spiro atoms. The lowest BCUT2D eigenvalue weighted by Gasteiger charge is -2.13. The minimum absolute atomic E-state index is 0.582. The van der Waals surface area contributed by atoms with Crippen LogP contribution in [0.25, 0.3) is 248 Å². The zero-order valence-corrected chi connectivity index (χ0v) is 61.0. The van der Waals surface area contributed by atoms with Crippen LogP contribution in [0.1, 0.15) is 0 Å². The first-order valence-corrected chi connectivity index (χ1v) is 38.6. The van der Waals surface area contributed by atoms with Crippen LogP contribution in [0.4, 0.5) is 0 Å². The summed E-state index contributed by atoms with van der Waals surface area (Å²) in [5.41, 5.74) is 24.8. The molecule has 0 N–H and O–H groups in total. The molecule has 0 saturated carbocycles. The fourth-order valence-corrected chi connectivity index (χ4v) is 18.3. The van der Waals surface area contributed by atoms with Crippen molar-refractivity contribution < 1.29 is 13.3 Å². The van der Waals surface area contributed by atoms with Gasteiger partial charge in [-0.25, -0.2) is 15.0 Å². The Morgan fingerprint density at radius 3 is 0.719 bits per heavy atom. The number of hydrogen-bond acceptors (Lipinski definition) is 6. The van der Waals surface area contributed by atoms with Crippen molar-refractivity contribution in [1.29, 1.82) is 0 Å². The number of rotatable bonds is 9. The number of hydrogen-bond donors (Lipinski definition) is 0. The minimum Gasteiger partial charge on any atom is -0.456 e. The van der Waals surface area contributed by atoms with Gasteiger partial charge in [0.25, 0.3) is 0 Å². The highest BCUT2D eigenvalue weighted by molar-refractivity contribution is 6.16. The van der Waals surface area contributed by atoms with Gasteiger partial charge >= 0.3 is 0 Å². The highest BCUT2D eigenvalue weighted by Crippen LogP contribution is 2.44. The lowest BCUT2D eigenvalue weighted by Crippen LogP contribution is -2.00. The zero-order chi connectivity index (χ0) is 74.4. The van der Waals surface area contributed by atoms with Gasteiger partial charge in [-0.1, -0.05) is 200 Å². The molecule has 9 heteroatoms. The zero-order valence-electron chi connectivity index (χ0n) is 61.0. The predicted octanol–water partition coefficient (Wildman–Crippen LogP) is 28.3. The summed E-state index contributed by atoms with van der Waals surface area (Å²) < 4.78 is 26.2. The monoisotopic (exact) mass is 1450 g/mol. The SMILES string of the molecule is c1ccc2c(c1)oc1cc(-c3ccc4c(c3)c3ccccc3n4-c3ccc4cc(-c5nc(-c6ccc7cc(-n8c9ccccc9c9cc(-c%10ccc%11c(c%10)oc%10ccccc%10%11)ccc98)ccc7c6)nc(-c6ccc7cc(-n8c9ccccc9c9cc(-c%10ccc%11c(c%10)oc%10ccccc%10%11)ccc98)ccc7c6)n5)ccc4c3)ccc12. The van der Waals surface area contributed by atoms with Crippen LogP contribution in [0.15, 0.2) is 377 Å². The standard InChI is InChI=1S/C105H60N6O3/c1-7-19-91-79(13-1)88-55-67(70-34-43-85-82-16-4-10-22-97(82)112-100(85)58-70)37-46-94(88)109(91)76-40-31-61-49-73(28-25-64(61)52-76)103-106-104(74-29-26-65-53-77(41-32-62(65)50-74)110-92-20-8-2-14-80(92)89-56-68(38-47-95(89)110)71-35-44-86-83-17-5-11-23-98(83)113-101(86)59-71)108-105(107-103)75-30-27-66-54-78(42-33-63(66)51-75)111-93-21-9-3-15-81(93)90-57-69(39-48-96(90)111)72-36-45-87-84-18-6-12-24-99(84)114-102(87)60-72/h1-60H. The van der Waals surface area contributed by atoms with Gasteiger partial charge in [0.05, 0.1) is 33.1 Å². The van der Waals surface area contributed by atoms with Crippen LogP contribution in [-0.4, -0.2) is 28.7 Å². The van der Waals surface area contributed by atoms with Crippen molar-refractivity contribution in [2.75, 3.05) is 0 Å². The molecule has 9 nitrogen and oxygen atoms in total. The molecule has 18 aromatic carbocycles.